The topological polar surface area (TPSA) is 38.3 Å². The minimum absolute atomic E-state index is 0.290. The maximum Gasteiger partial charge on any atom is 0.308 e. The van der Waals surface area contributed by atoms with Crippen LogP contribution in [0.15, 0.2) is 54.6 Å². The Morgan fingerprint density at radius 1 is 1.00 bits per heavy atom. The molecule has 2 aromatic carbocycles. The van der Waals surface area contributed by atoms with Crippen LogP contribution in [0.4, 0.5) is 0 Å². The molecule has 0 fully saturated rings. The van der Waals surface area contributed by atoms with Crippen molar-refractivity contribution >= 4 is 5.97 Å². The van der Waals surface area contributed by atoms with Crippen molar-refractivity contribution in [1.82, 2.24) is 5.32 Å². The molecule has 2 aromatic rings. The van der Waals surface area contributed by atoms with E-state index < -0.39 is 0 Å². The molecule has 0 amide bonds. The summed E-state index contributed by atoms with van der Waals surface area (Å²) in [4.78, 5) is 10.8. The van der Waals surface area contributed by atoms with Crippen LogP contribution in [0.1, 0.15) is 18.1 Å². The van der Waals surface area contributed by atoms with Crippen LogP contribution in [0.5, 0.6) is 5.75 Å². The van der Waals surface area contributed by atoms with Gasteiger partial charge in [-0.25, -0.2) is 0 Å². The second-order valence-corrected chi connectivity index (χ2v) is 4.65. The number of ether oxygens (including phenoxy) is 1. The van der Waals surface area contributed by atoms with Crippen LogP contribution < -0.4 is 10.1 Å². The lowest BCUT2D eigenvalue weighted by Crippen LogP contribution is -2.16. The van der Waals surface area contributed by atoms with Crippen molar-refractivity contribution in [3.8, 4) is 5.75 Å². The summed E-state index contributed by atoms with van der Waals surface area (Å²) < 4.78 is 5.00. The molecule has 0 unspecified atom stereocenters. The van der Waals surface area contributed by atoms with E-state index in [9.17, 15) is 4.79 Å². The minimum Gasteiger partial charge on any atom is -0.427 e. The summed E-state index contributed by atoms with van der Waals surface area (Å²) in [5, 5.41) is 3.41. The van der Waals surface area contributed by atoms with Gasteiger partial charge in [-0.05, 0) is 36.2 Å². The van der Waals surface area contributed by atoms with E-state index >= 15 is 0 Å². The predicted octanol–water partition coefficient (Wildman–Crippen LogP) is 2.94. The minimum atomic E-state index is -0.290. The molecule has 0 aliphatic rings. The quantitative estimate of drug-likeness (QED) is 0.498. The van der Waals surface area contributed by atoms with Crippen molar-refractivity contribution in [2.75, 3.05) is 6.54 Å². The second-order valence-electron chi connectivity index (χ2n) is 4.65. The van der Waals surface area contributed by atoms with E-state index in [-0.39, 0.29) is 5.97 Å². The third kappa shape index (κ3) is 4.86. The molecule has 0 aromatic heterocycles. The Balaban J connectivity index is 1.73. The monoisotopic (exact) mass is 269 g/mol. The Morgan fingerprint density at radius 2 is 1.70 bits per heavy atom. The van der Waals surface area contributed by atoms with Gasteiger partial charge in [-0.3, -0.25) is 4.79 Å². The first-order valence-electron chi connectivity index (χ1n) is 6.76. The smallest absolute Gasteiger partial charge is 0.308 e. The van der Waals surface area contributed by atoms with Crippen LogP contribution in [-0.4, -0.2) is 12.5 Å². The van der Waals surface area contributed by atoms with E-state index in [1.54, 1.807) is 0 Å². The molecule has 0 spiro atoms. The highest BCUT2D eigenvalue weighted by molar-refractivity contribution is 5.69. The lowest BCUT2D eigenvalue weighted by molar-refractivity contribution is -0.131. The molecular weight excluding hydrogens is 250 g/mol. The van der Waals surface area contributed by atoms with Gasteiger partial charge in [-0.2, -0.15) is 0 Å². The van der Waals surface area contributed by atoms with Gasteiger partial charge in [0.25, 0.3) is 0 Å². The van der Waals surface area contributed by atoms with Gasteiger partial charge in [0.15, 0.2) is 0 Å². The summed E-state index contributed by atoms with van der Waals surface area (Å²) in [7, 11) is 0. The summed E-state index contributed by atoms with van der Waals surface area (Å²) >= 11 is 0. The van der Waals surface area contributed by atoms with Gasteiger partial charge in [-0.1, -0.05) is 42.5 Å². The number of rotatable bonds is 6. The van der Waals surface area contributed by atoms with Gasteiger partial charge in [-0.15, -0.1) is 0 Å². The molecule has 104 valence electrons. The van der Waals surface area contributed by atoms with Crippen LogP contribution in [0, 0.1) is 0 Å². The number of nitrogens with one attached hydrogen (secondary N) is 1. The average molecular weight is 269 g/mol. The summed E-state index contributed by atoms with van der Waals surface area (Å²) in [6, 6.07) is 18.0. The highest BCUT2D eigenvalue weighted by Crippen LogP contribution is 2.12. The Bertz CT molecular complexity index is 535. The molecule has 0 saturated heterocycles. The van der Waals surface area contributed by atoms with Crippen molar-refractivity contribution in [3.63, 3.8) is 0 Å². The molecule has 3 heteroatoms. The fraction of sp³-hybridized carbons (Fsp3) is 0.235. The maximum atomic E-state index is 10.8. The van der Waals surface area contributed by atoms with Crippen LogP contribution in [0.3, 0.4) is 0 Å². The van der Waals surface area contributed by atoms with E-state index in [2.05, 4.69) is 17.4 Å². The van der Waals surface area contributed by atoms with Crippen LogP contribution in [0.25, 0.3) is 0 Å². The average Bonchev–Trinajstić information content (AvgIpc) is 2.46. The lowest BCUT2D eigenvalue weighted by atomic mass is 10.1. The van der Waals surface area contributed by atoms with E-state index in [4.69, 9.17) is 4.74 Å². The highest BCUT2D eigenvalue weighted by Gasteiger charge is 1.98. The number of carbonyl (C=O) groups excluding carboxylic acids is 1. The fourth-order valence-electron chi connectivity index (χ4n) is 1.95. The first kappa shape index (κ1) is 14.3. The number of hydrogen-bond donors (Lipinski definition) is 1. The van der Waals surface area contributed by atoms with Crippen molar-refractivity contribution in [2.24, 2.45) is 0 Å². The summed E-state index contributed by atoms with van der Waals surface area (Å²) in [5.41, 5.74) is 2.51. The first-order chi connectivity index (χ1) is 9.74. The molecular formula is C17H19NO2. The molecule has 1 N–H and O–H groups in total. The normalized spacial score (nSPS) is 10.2. The third-order valence-electron chi connectivity index (χ3n) is 2.95. The molecule has 0 aliphatic heterocycles. The Kier molecular flexibility index (Phi) is 5.33. The molecule has 0 heterocycles. The van der Waals surface area contributed by atoms with Crippen LogP contribution in [-0.2, 0) is 17.8 Å². The molecule has 0 bridgehead atoms. The van der Waals surface area contributed by atoms with Crippen LogP contribution in [0.2, 0.25) is 0 Å². The lowest BCUT2D eigenvalue weighted by Gasteiger charge is -2.06. The summed E-state index contributed by atoms with van der Waals surface area (Å²) in [6.07, 6.45) is 0.952. The van der Waals surface area contributed by atoms with Gasteiger partial charge in [0.05, 0.1) is 0 Å². The van der Waals surface area contributed by atoms with Crippen molar-refractivity contribution < 1.29 is 9.53 Å². The maximum absolute atomic E-state index is 10.8. The fourth-order valence-corrected chi connectivity index (χ4v) is 1.95. The van der Waals surface area contributed by atoms with E-state index in [0.717, 1.165) is 19.5 Å². The SMILES string of the molecule is CC(=O)Oc1ccc(CCNCc2ccccc2)cc1. The zero-order valence-electron chi connectivity index (χ0n) is 11.6. The van der Waals surface area contributed by atoms with E-state index in [1.165, 1.54) is 18.1 Å². The zero-order chi connectivity index (χ0) is 14.2. The Morgan fingerprint density at radius 3 is 2.35 bits per heavy atom. The first-order valence-corrected chi connectivity index (χ1v) is 6.76. The van der Waals surface area contributed by atoms with Crippen molar-refractivity contribution in [2.45, 2.75) is 19.9 Å². The molecule has 0 radical (unpaired) electrons. The van der Waals surface area contributed by atoms with Crippen LogP contribution >= 0.6 is 0 Å². The Labute approximate surface area is 119 Å². The molecule has 0 atom stereocenters. The van der Waals surface area contributed by atoms with Crippen molar-refractivity contribution in [3.05, 3.63) is 65.7 Å². The number of esters is 1. The van der Waals surface area contributed by atoms with E-state index in [0.29, 0.717) is 5.75 Å². The summed E-state index contributed by atoms with van der Waals surface area (Å²) in [6.45, 7) is 3.20. The van der Waals surface area contributed by atoms with E-state index in [1.807, 2.05) is 42.5 Å². The summed E-state index contributed by atoms with van der Waals surface area (Å²) in [5.74, 6) is 0.306. The predicted molar refractivity (Wildman–Crippen MR) is 79.6 cm³/mol. The Hall–Kier alpha value is -2.13. The molecule has 2 rings (SSSR count). The number of benzene rings is 2. The molecule has 0 saturated carbocycles. The van der Waals surface area contributed by atoms with Gasteiger partial charge >= 0.3 is 5.97 Å². The van der Waals surface area contributed by atoms with Gasteiger partial charge < -0.3 is 10.1 Å². The molecule has 0 aliphatic carbocycles. The van der Waals surface area contributed by atoms with Crippen molar-refractivity contribution in [1.29, 1.82) is 0 Å². The number of hydrogen-bond acceptors (Lipinski definition) is 3. The molecule has 20 heavy (non-hydrogen) atoms. The van der Waals surface area contributed by atoms with Gasteiger partial charge in [0.1, 0.15) is 5.75 Å². The zero-order valence-corrected chi connectivity index (χ0v) is 11.6. The van der Waals surface area contributed by atoms with Gasteiger partial charge in [0, 0.05) is 13.5 Å². The highest BCUT2D eigenvalue weighted by atomic mass is 16.5. The standard InChI is InChI=1S/C17H19NO2/c1-14(19)20-17-9-7-15(8-10-17)11-12-18-13-16-5-3-2-4-6-16/h2-10,18H,11-13H2,1H3. The number of carbonyl (C=O) groups is 1. The largest absolute Gasteiger partial charge is 0.427 e. The molecule has 3 nitrogen and oxygen atoms in total. The second kappa shape index (κ2) is 7.46. The third-order valence-corrected chi connectivity index (χ3v) is 2.95. The van der Waals surface area contributed by atoms with Gasteiger partial charge in [0.2, 0.25) is 0 Å².